The molecule has 5 heteroatoms. The van der Waals surface area contributed by atoms with Crippen LogP contribution < -0.4 is 5.32 Å². The summed E-state index contributed by atoms with van der Waals surface area (Å²) in [5.74, 6) is 0.181. The molecule has 28 heavy (non-hydrogen) atoms. The molecule has 0 bridgehead atoms. The van der Waals surface area contributed by atoms with Crippen LogP contribution in [0, 0.1) is 50.0 Å². The second kappa shape index (κ2) is 8.13. The summed E-state index contributed by atoms with van der Waals surface area (Å²) >= 11 is 0. The van der Waals surface area contributed by atoms with Crippen LogP contribution >= 0.6 is 0 Å². The van der Waals surface area contributed by atoms with Gasteiger partial charge in [0.05, 0.1) is 17.4 Å². The fraction of sp³-hybridized carbons (Fsp3) is 0.304. The molecular weight excluding hydrogens is 561 g/mol. The van der Waals surface area contributed by atoms with Crippen molar-refractivity contribution in [2.24, 2.45) is 5.92 Å². The molecule has 1 radical (unpaired) electrons. The van der Waals surface area contributed by atoms with Crippen LogP contribution in [-0.4, -0.2) is 17.4 Å². The predicted octanol–water partition coefficient (Wildman–Crippen LogP) is 5.32. The summed E-state index contributed by atoms with van der Waals surface area (Å²) in [5, 5.41) is 8.85. The summed E-state index contributed by atoms with van der Waals surface area (Å²) in [6, 6.07) is 18.4. The van der Waals surface area contributed by atoms with Crippen molar-refractivity contribution < 1.29 is 48.9 Å². The number of nitrogens with zero attached hydrogens (tertiary/aromatic N) is 2. The van der Waals surface area contributed by atoms with E-state index in [4.69, 9.17) is 5.32 Å². The Balaban J connectivity index is 0.00000192. The van der Waals surface area contributed by atoms with Crippen molar-refractivity contribution in [2.75, 3.05) is 11.9 Å². The maximum absolute atomic E-state index is 12.8. The number of carbonyl (C=O) groups excluding carboxylic acids is 1. The van der Waals surface area contributed by atoms with Crippen LogP contribution in [0.15, 0.2) is 60.8 Å². The fourth-order valence-electron chi connectivity index (χ4n) is 4.63. The molecule has 139 valence electrons. The van der Waals surface area contributed by atoms with Gasteiger partial charge >= 0.3 is 0 Å². The van der Waals surface area contributed by atoms with Crippen molar-refractivity contribution in [3.63, 3.8) is 0 Å². The third-order valence-electron chi connectivity index (χ3n) is 6.20. The maximum Gasteiger partial charge on any atom is 0.227 e. The molecule has 1 aromatic heterocycles. The van der Waals surface area contributed by atoms with Crippen molar-refractivity contribution >= 4 is 28.2 Å². The monoisotopic (exact) mass is 583 g/mol. The number of amides is 1. The average molecular weight is 583 g/mol. The van der Waals surface area contributed by atoms with E-state index >= 15 is 0 Å². The number of carbonyl (C=O) groups is 1. The van der Waals surface area contributed by atoms with E-state index in [0.717, 1.165) is 54.5 Å². The molecule has 1 saturated carbocycles. The van der Waals surface area contributed by atoms with E-state index in [-0.39, 0.29) is 61.3 Å². The van der Waals surface area contributed by atoms with E-state index in [9.17, 15) is 4.79 Å². The van der Waals surface area contributed by atoms with Crippen LogP contribution in [0.5, 0.6) is 0 Å². The van der Waals surface area contributed by atoms with Crippen LogP contribution in [0.25, 0.3) is 16.2 Å². The predicted molar refractivity (Wildman–Crippen MR) is 108 cm³/mol. The average Bonchev–Trinajstić information content (AvgIpc) is 3.07. The number of rotatable bonds is 2. The van der Waals surface area contributed by atoms with Crippen molar-refractivity contribution in [1.29, 1.82) is 0 Å². The number of fused-ring (bicyclic) bond motifs is 3. The summed E-state index contributed by atoms with van der Waals surface area (Å²) in [6.45, 7) is 0.870. The van der Waals surface area contributed by atoms with Crippen molar-refractivity contribution in [3.05, 3.63) is 71.7 Å². The van der Waals surface area contributed by atoms with Crippen molar-refractivity contribution in [2.45, 2.75) is 31.1 Å². The number of pyridine rings is 1. The molecule has 0 saturated heterocycles. The molecule has 3 aromatic rings. The van der Waals surface area contributed by atoms with Gasteiger partial charge in [-0.3, -0.25) is 9.78 Å². The van der Waals surface area contributed by atoms with Gasteiger partial charge in [0.15, 0.2) is 0 Å². The minimum Gasteiger partial charge on any atom is -0.683 e. The Morgan fingerprint density at radius 1 is 1.07 bits per heavy atom. The van der Waals surface area contributed by atoms with E-state index in [1.54, 1.807) is 6.20 Å². The Morgan fingerprint density at radius 3 is 2.68 bits per heavy atom. The minimum atomic E-state index is 0. The molecule has 2 aliphatic rings. The summed E-state index contributed by atoms with van der Waals surface area (Å²) in [7, 11) is 0. The molecule has 5 rings (SSSR count). The van der Waals surface area contributed by atoms with E-state index in [1.807, 2.05) is 30.3 Å². The molecule has 1 aliphatic carbocycles. The molecule has 1 spiro atoms. The van der Waals surface area contributed by atoms with Gasteiger partial charge in [-0.2, -0.15) is 0 Å². The molecule has 1 amide bonds. The Morgan fingerprint density at radius 2 is 1.82 bits per heavy atom. The normalized spacial score (nSPS) is 22.9. The summed E-state index contributed by atoms with van der Waals surface area (Å²) in [5.41, 5.74) is 4.39. The Bertz CT molecular complexity index is 1010. The number of nitrogens with one attached hydrogen (secondary N) is 1. The van der Waals surface area contributed by atoms with E-state index in [0.29, 0.717) is 0 Å². The van der Waals surface area contributed by atoms with Crippen molar-refractivity contribution in [1.82, 2.24) is 4.98 Å². The van der Waals surface area contributed by atoms with E-state index in [2.05, 4.69) is 34.6 Å². The third-order valence-corrected chi connectivity index (χ3v) is 6.20. The van der Waals surface area contributed by atoms with Gasteiger partial charge in [0.1, 0.15) is 0 Å². The molecule has 2 heterocycles. The van der Waals surface area contributed by atoms with Gasteiger partial charge in [-0.05, 0) is 43.2 Å². The topological polar surface area (TPSA) is 56.1 Å². The maximum atomic E-state index is 12.8. The molecular formula is C23H22AcN3O-. The zero-order chi connectivity index (χ0) is 18.3. The summed E-state index contributed by atoms with van der Waals surface area (Å²) in [6.07, 6.45) is 5.63. The van der Waals surface area contributed by atoms with Gasteiger partial charge in [-0.25, -0.2) is 0 Å². The molecule has 1 aliphatic heterocycles. The number of aromatic nitrogens is 1. The zero-order valence-electron chi connectivity index (χ0n) is 15.8. The molecule has 1 fully saturated rings. The van der Waals surface area contributed by atoms with Gasteiger partial charge in [0, 0.05) is 55.4 Å². The van der Waals surface area contributed by atoms with Gasteiger partial charge in [0.2, 0.25) is 5.91 Å². The first kappa shape index (κ1) is 19.9. The van der Waals surface area contributed by atoms with Crippen LogP contribution in [0.1, 0.15) is 31.2 Å². The van der Waals surface area contributed by atoms with Crippen LogP contribution in [0.2, 0.25) is 0 Å². The largest absolute Gasteiger partial charge is 0.683 e. The van der Waals surface area contributed by atoms with Crippen molar-refractivity contribution in [3.8, 4) is 0 Å². The Labute approximate surface area is 201 Å². The molecule has 2 aromatic carbocycles. The second-order valence-electron chi connectivity index (χ2n) is 7.79. The standard InChI is InChI=1S/C23H22N3O.Ac/c27-22(26-18-13-17-5-1-3-7-20(17)24-14-18)16-9-11-23(12-10-16)15-25-21-8-4-2-6-19(21)23;/h1-8,13-14,16H,9-12,15H2,(H,26,27);/q-1;. The number of hydrogen-bond acceptors (Lipinski definition) is 2. The van der Waals surface area contributed by atoms with Crippen LogP contribution in [0.3, 0.4) is 0 Å². The number of anilines is 1. The molecule has 0 atom stereocenters. The van der Waals surface area contributed by atoms with Gasteiger partial charge in [-0.1, -0.05) is 48.0 Å². The second-order valence-corrected chi connectivity index (χ2v) is 7.79. The molecule has 4 nitrogen and oxygen atoms in total. The minimum absolute atomic E-state index is 0. The summed E-state index contributed by atoms with van der Waals surface area (Å²) in [4.78, 5) is 17.2. The van der Waals surface area contributed by atoms with Crippen LogP contribution in [0.4, 0.5) is 11.4 Å². The first-order valence-electron chi connectivity index (χ1n) is 9.66. The fourth-order valence-corrected chi connectivity index (χ4v) is 4.63. The molecule has 1 N–H and O–H groups in total. The number of para-hydroxylation sites is 2. The number of benzene rings is 2. The van der Waals surface area contributed by atoms with Gasteiger partial charge in [-0.15, -0.1) is 12.2 Å². The molecule has 0 unspecified atom stereocenters. The Kier molecular flexibility index (Phi) is 5.76. The van der Waals surface area contributed by atoms with E-state index < -0.39 is 0 Å². The summed E-state index contributed by atoms with van der Waals surface area (Å²) < 4.78 is 0. The first-order valence-corrected chi connectivity index (χ1v) is 9.66. The SMILES string of the molecule is O=C(Nc1cnc2ccccc2c1)C1CCC2(CC1)C[N-]c1ccccc12.[Ac]. The number of hydrogen-bond donors (Lipinski definition) is 1. The van der Waals surface area contributed by atoms with Gasteiger partial charge in [0.25, 0.3) is 0 Å². The van der Waals surface area contributed by atoms with Gasteiger partial charge < -0.3 is 10.6 Å². The first-order chi connectivity index (χ1) is 13.2. The van der Waals surface area contributed by atoms with E-state index in [1.165, 1.54) is 5.56 Å². The smallest absolute Gasteiger partial charge is 0.227 e. The van der Waals surface area contributed by atoms with Crippen LogP contribution in [-0.2, 0) is 10.2 Å². The third kappa shape index (κ3) is 3.60. The Hall–Kier alpha value is -1.44. The quantitative estimate of drug-likeness (QED) is 0.444. The zero-order valence-corrected chi connectivity index (χ0v) is 20.5.